The minimum absolute atomic E-state index is 0.0979. The van der Waals surface area contributed by atoms with Gasteiger partial charge in [-0.15, -0.1) is 11.8 Å². The summed E-state index contributed by atoms with van der Waals surface area (Å²) in [7, 11) is -4.09. The van der Waals surface area contributed by atoms with Crippen LogP contribution in [0.1, 0.15) is 49.3 Å². The molecule has 41 heavy (non-hydrogen) atoms. The van der Waals surface area contributed by atoms with Crippen molar-refractivity contribution in [3.63, 3.8) is 0 Å². The third-order valence-corrected chi connectivity index (χ3v) is 10.1. The maximum absolute atomic E-state index is 14.1. The summed E-state index contributed by atoms with van der Waals surface area (Å²) in [4.78, 5) is 29.9. The van der Waals surface area contributed by atoms with Gasteiger partial charge in [-0.1, -0.05) is 60.4 Å². The second-order valence-electron chi connectivity index (χ2n) is 10.7. The van der Waals surface area contributed by atoms with Crippen LogP contribution in [0.25, 0.3) is 0 Å². The van der Waals surface area contributed by atoms with E-state index < -0.39 is 28.5 Å². The zero-order chi connectivity index (χ0) is 29.6. The van der Waals surface area contributed by atoms with E-state index in [1.807, 2.05) is 56.5 Å². The lowest BCUT2D eigenvalue weighted by molar-refractivity contribution is -0.139. The lowest BCUT2D eigenvalue weighted by Crippen LogP contribution is -2.52. The third-order valence-electron chi connectivity index (χ3n) is 7.59. The van der Waals surface area contributed by atoms with Crippen LogP contribution in [0.2, 0.25) is 0 Å². The van der Waals surface area contributed by atoms with Gasteiger partial charge in [0.1, 0.15) is 12.6 Å². The van der Waals surface area contributed by atoms with Crippen molar-refractivity contribution in [1.82, 2.24) is 10.2 Å². The number of carbonyl (C=O) groups is 2. The van der Waals surface area contributed by atoms with E-state index in [0.717, 1.165) is 51.6 Å². The molecule has 0 spiro atoms. The van der Waals surface area contributed by atoms with Gasteiger partial charge in [0.15, 0.2) is 0 Å². The number of nitrogens with one attached hydrogen (secondary N) is 1. The Morgan fingerprint density at radius 3 is 2.02 bits per heavy atom. The molecule has 1 N–H and O–H groups in total. The predicted octanol–water partition coefficient (Wildman–Crippen LogP) is 5.70. The Balaban J connectivity index is 1.67. The summed E-state index contributed by atoms with van der Waals surface area (Å²) in [6.45, 7) is 5.36. The Bertz CT molecular complexity index is 1430. The molecule has 218 valence electrons. The van der Waals surface area contributed by atoms with Crippen LogP contribution in [0.15, 0.2) is 82.6 Å². The molecule has 1 aliphatic carbocycles. The molecule has 3 aromatic rings. The second-order valence-corrected chi connectivity index (χ2v) is 13.4. The van der Waals surface area contributed by atoms with Crippen LogP contribution in [0.3, 0.4) is 0 Å². The maximum Gasteiger partial charge on any atom is 0.264 e. The Morgan fingerprint density at radius 1 is 0.902 bits per heavy atom. The van der Waals surface area contributed by atoms with Crippen molar-refractivity contribution >= 4 is 39.3 Å². The van der Waals surface area contributed by atoms with Crippen LogP contribution >= 0.6 is 11.8 Å². The largest absolute Gasteiger partial charge is 0.352 e. The number of anilines is 1. The van der Waals surface area contributed by atoms with Crippen LogP contribution in [0.5, 0.6) is 0 Å². The molecule has 1 atom stereocenters. The highest BCUT2D eigenvalue weighted by molar-refractivity contribution is 7.98. The lowest BCUT2D eigenvalue weighted by Gasteiger charge is -2.32. The summed E-state index contributed by atoms with van der Waals surface area (Å²) >= 11 is 1.52. The van der Waals surface area contributed by atoms with Crippen LogP contribution in [0.4, 0.5) is 5.69 Å². The van der Waals surface area contributed by atoms with E-state index in [0.29, 0.717) is 5.69 Å². The molecule has 0 aliphatic heterocycles. The van der Waals surface area contributed by atoms with Gasteiger partial charge in [0.05, 0.1) is 10.6 Å². The van der Waals surface area contributed by atoms with Crippen molar-refractivity contribution in [1.29, 1.82) is 0 Å². The topological polar surface area (TPSA) is 86.8 Å². The monoisotopic (exact) mass is 593 g/mol. The molecule has 0 heterocycles. The van der Waals surface area contributed by atoms with E-state index in [4.69, 9.17) is 0 Å². The Hall–Kier alpha value is -3.30. The van der Waals surface area contributed by atoms with Crippen LogP contribution in [-0.4, -0.2) is 50.0 Å². The van der Waals surface area contributed by atoms with Crippen molar-refractivity contribution in [3.05, 3.63) is 89.5 Å². The first kappa shape index (κ1) is 30.7. The van der Waals surface area contributed by atoms with Crippen LogP contribution in [-0.2, 0) is 26.2 Å². The zero-order valence-corrected chi connectivity index (χ0v) is 25.8. The first-order chi connectivity index (χ1) is 19.6. The molecule has 1 fully saturated rings. The molecule has 1 aliphatic rings. The SMILES string of the molecule is CSc1ccc(S(=O)(=O)N(CC(=O)N(Cc2ccc(C)cc2)C(C)C(=O)NC2CCCC2)c2ccc(C)cc2)cc1. The average molecular weight is 594 g/mol. The molecule has 7 nitrogen and oxygen atoms in total. The smallest absolute Gasteiger partial charge is 0.264 e. The molecule has 9 heteroatoms. The number of benzene rings is 3. The molecule has 4 rings (SSSR count). The first-order valence-electron chi connectivity index (χ1n) is 14.0. The van der Waals surface area contributed by atoms with Crippen molar-refractivity contribution in [3.8, 4) is 0 Å². The molecule has 2 amide bonds. The minimum Gasteiger partial charge on any atom is -0.352 e. The van der Waals surface area contributed by atoms with Gasteiger partial charge in [-0.25, -0.2) is 8.42 Å². The predicted molar refractivity (Wildman–Crippen MR) is 166 cm³/mol. The summed E-state index contributed by atoms with van der Waals surface area (Å²) in [6, 6.07) is 20.8. The normalized spacial score (nSPS) is 14.4. The lowest BCUT2D eigenvalue weighted by atomic mass is 10.1. The van der Waals surface area contributed by atoms with E-state index in [2.05, 4.69) is 5.32 Å². The molecule has 1 saturated carbocycles. The maximum atomic E-state index is 14.1. The number of hydrogen-bond donors (Lipinski definition) is 1. The van der Waals surface area contributed by atoms with Gasteiger partial charge in [-0.05, 0) is 81.8 Å². The molecule has 0 radical (unpaired) electrons. The number of rotatable bonds is 11. The second kappa shape index (κ2) is 13.6. The van der Waals surface area contributed by atoms with E-state index >= 15 is 0 Å². The fourth-order valence-corrected chi connectivity index (χ4v) is 6.80. The van der Waals surface area contributed by atoms with E-state index in [-0.39, 0.29) is 23.4 Å². The number of thioether (sulfide) groups is 1. The molecule has 0 aromatic heterocycles. The molecule has 0 saturated heterocycles. The molecule has 3 aromatic carbocycles. The van der Waals surface area contributed by atoms with Gasteiger partial charge in [0.25, 0.3) is 10.0 Å². The van der Waals surface area contributed by atoms with Gasteiger partial charge < -0.3 is 10.2 Å². The van der Waals surface area contributed by atoms with Crippen molar-refractivity contribution in [2.45, 2.75) is 74.9 Å². The van der Waals surface area contributed by atoms with E-state index in [1.54, 1.807) is 43.3 Å². The van der Waals surface area contributed by atoms with Gasteiger partial charge in [0, 0.05) is 17.5 Å². The third kappa shape index (κ3) is 7.71. The van der Waals surface area contributed by atoms with Crippen molar-refractivity contribution in [2.75, 3.05) is 17.1 Å². The first-order valence-corrected chi connectivity index (χ1v) is 16.6. The fourth-order valence-electron chi connectivity index (χ4n) is 4.98. The minimum atomic E-state index is -4.09. The fraction of sp³-hybridized carbons (Fsp3) is 0.375. The number of nitrogens with zero attached hydrogens (tertiary/aromatic N) is 2. The van der Waals surface area contributed by atoms with Crippen LogP contribution < -0.4 is 9.62 Å². The van der Waals surface area contributed by atoms with Gasteiger partial charge in [-0.2, -0.15) is 0 Å². The highest BCUT2D eigenvalue weighted by atomic mass is 32.2. The standard InChI is InChI=1S/C32H39N3O4S2/c1-23-9-13-26(14-10-23)21-34(25(3)32(37)33-27-7-5-6-8-27)31(36)22-35(28-15-11-24(2)12-16-28)41(38,39)30-19-17-29(40-4)18-20-30/h9-20,25,27H,5-8,21-22H2,1-4H3,(H,33,37). The molecular formula is C32H39N3O4S2. The molecule has 0 bridgehead atoms. The summed E-state index contributed by atoms with van der Waals surface area (Å²) in [5.41, 5.74) is 3.31. The van der Waals surface area contributed by atoms with E-state index in [9.17, 15) is 18.0 Å². The Labute approximate surface area is 248 Å². The number of sulfonamides is 1. The summed E-state index contributed by atoms with van der Waals surface area (Å²) in [5, 5.41) is 3.10. The summed E-state index contributed by atoms with van der Waals surface area (Å²) in [6.07, 6.45) is 5.94. The number of hydrogen-bond acceptors (Lipinski definition) is 5. The number of aryl methyl sites for hydroxylation is 2. The highest BCUT2D eigenvalue weighted by Gasteiger charge is 2.33. The van der Waals surface area contributed by atoms with Crippen LogP contribution in [0, 0.1) is 13.8 Å². The number of carbonyl (C=O) groups excluding carboxylic acids is 2. The average Bonchev–Trinajstić information content (AvgIpc) is 3.48. The van der Waals surface area contributed by atoms with Gasteiger partial charge in [-0.3, -0.25) is 13.9 Å². The quantitative estimate of drug-likeness (QED) is 0.289. The molecular weight excluding hydrogens is 555 g/mol. The van der Waals surface area contributed by atoms with Gasteiger partial charge in [0.2, 0.25) is 11.8 Å². The Kier molecular flexibility index (Phi) is 10.1. The van der Waals surface area contributed by atoms with Gasteiger partial charge >= 0.3 is 0 Å². The summed E-state index contributed by atoms with van der Waals surface area (Å²) in [5.74, 6) is -0.681. The van der Waals surface area contributed by atoms with Crippen molar-refractivity contribution < 1.29 is 18.0 Å². The highest BCUT2D eigenvalue weighted by Crippen LogP contribution is 2.27. The Morgan fingerprint density at radius 2 is 1.46 bits per heavy atom. The molecule has 1 unspecified atom stereocenters. The summed E-state index contributed by atoms with van der Waals surface area (Å²) < 4.78 is 29.1. The van der Waals surface area contributed by atoms with Crippen molar-refractivity contribution in [2.24, 2.45) is 0 Å². The zero-order valence-electron chi connectivity index (χ0n) is 24.2. The van der Waals surface area contributed by atoms with E-state index in [1.165, 1.54) is 16.7 Å². The number of amides is 2.